The van der Waals surface area contributed by atoms with Crippen LogP contribution in [0.25, 0.3) is 287 Å². The highest BCUT2D eigenvalue weighted by molar-refractivity contribution is 6.26. The van der Waals surface area contributed by atoms with Crippen molar-refractivity contribution in [3.8, 4) is 157 Å². The summed E-state index contributed by atoms with van der Waals surface area (Å²) in [7, 11) is 0. The second kappa shape index (κ2) is 38.4. The van der Waals surface area contributed by atoms with E-state index >= 15 is 0 Å². The standard InChI is InChI=1S/C48H30N4.C46H28N4.C44H28N4/c1-2-9-37-27-38(22-15-31(37)7-1)41-29-49-48(50-30-41)40-12-5-11-39(28-40)45-26-24-36-21-20-35-23-25-44(51-46(35)47(36)52-45)34-18-16-33(17-19-34)43-14-6-10-32-8-3-4-13-42(32)43;1-2-14-38-36(12-1)37-13-3-4-15-39(37)41-28-32(18-21-40(38)41)31-8-5-9-33(26-31)42-22-19-29-16-17-30-20-23-43(50-45(30)44(29)49-42)34-10-6-11-35(27-34)46-47-24-7-25-48-46;1-2-7-29(8-3-1)39-27-45-44(46-28-39)34-18-14-31(15-19-34)40-23-21-32-16-17-33-22-24-41(48-43(33)42(32)47-40)38-12-6-11-36(26-38)37-20-13-30-9-4-5-10-35(30)25-37/h1-30H;1-28H;1-28H. The van der Waals surface area contributed by atoms with E-state index in [1.807, 2.05) is 73.3 Å². The van der Waals surface area contributed by atoms with Crippen molar-refractivity contribution in [2.45, 2.75) is 0 Å². The van der Waals surface area contributed by atoms with Crippen molar-refractivity contribution in [3.63, 3.8) is 0 Å². The lowest BCUT2D eigenvalue weighted by molar-refractivity contribution is 1.18. The van der Waals surface area contributed by atoms with E-state index in [1.165, 1.54) is 92.5 Å². The highest BCUT2D eigenvalue weighted by atomic mass is 14.9. The lowest BCUT2D eigenvalue weighted by Crippen LogP contribution is -1.93. The monoisotopic (exact) mass is 1910 g/mol. The van der Waals surface area contributed by atoms with Gasteiger partial charge in [-0.3, -0.25) is 0 Å². The number of benzene rings is 20. The Morgan fingerprint density at radius 3 is 0.807 bits per heavy atom. The van der Waals surface area contributed by atoms with Crippen LogP contribution in [0.1, 0.15) is 0 Å². The molecule has 9 heterocycles. The summed E-state index contributed by atoms with van der Waals surface area (Å²) >= 11 is 0. The topological polar surface area (TPSA) is 155 Å². The minimum Gasteiger partial charge on any atom is -0.245 e. The molecule has 12 heteroatoms. The Kier molecular flexibility index (Phi) is 22.7. The van der Waals surface area contributed by atoms with E-state index in [0.29, 0.717) is 17.5 Å². The van der Waals surface area contributed by atoms with Gasteiger partial charge >= 0.3 is 0 Å². The fraction of sp³-hybridized carbons (Fsp3) is 0. The Labute approximate surface area is 863 Å². The first-order chi connectivity index (χ1) is 74.2. The Bertz CT molecular complexity index is 10300. The number of rotatable bonds is 14. The summed E-state index contributed by atoms with van der Waals surface area (Å²) in [5.74, 6) is 2.06. The molecular formula is C138H86N12. The number of hydrogen-bond donors (Lipinski definition) is 0. The third kappa shape index (κ3) is 17.2. The van der Waals surface area contributed by atoms with E-state index in [2.05, 4.69) is 457 Å². The maximum atomic E-state index is 5.25. The molecule has 0 aliphatic carbocycles. The summed E-state index contributed by atoms with van der Waals surface area (Å²) in [5.41, 5.74) is 31.1. The zero-order chi connectivity index (χ0) is 99.3. The summed E-state index contributed by atoms with van der Waals surface area (Å²) in [5, 5.41) is 21.4. The van der Waals surface area contributed by atoms with Crippen molar-refractivity contribution in [3.05, 3.63) is 522 Å². The van der Waals surface area contributed by atoms with Crippen molar-refractivity contribution < 1.29 is 0 Å². The lowest BCUT2D eigenvalue weighted by atomic mass is 9.91. The second-order valence-corrected chi connectivity index (χ2v) is 37.8. The Balaban J connectivity index is 0.000000111. The van der Waals surface area contributed by atoms with E-state index in [4.69, 9.17) is 39.9 Å². The molecule has 0 N–H and O–H groups in total. The molecule has 12 nitrogen and oxygen atoms in total. The van der Waals surface area contributed by atoms with Gasteiger partial charge in [0.15, 0.2) is 17.5 Å². The third-order valence-corrected chi connectivity index (χ3v) is 28.6. The minimum absolute atomic E-state index is 0.676. The summed E-state index contributed by atoms with van der Waals surface area (Å²) in [6.07, 6.45) is 11.1. The van der Waals surface area contributed by atoms with E-state index in [-0.39, 0.29) is 0 Å². The number of fused-ring (bicyclic) bond motifs is 18. The average molecular weight is 1910 g/mol. The van der Waals surface area contributed by atoms with Crippen LogP contribution < -0.4 is 0 Å². The average Bonchev–Trinajstić information content (AvgIpc) is 0.730. The fourth-order valence-corrected chi connectivity index (χ4v) is 20.9. The molecule has 0 amide bonds. The number of hydrogen-bond acceptors (Lipinski definition) is 12. The molecule has 29 aromatic rings. The van der Waals surface area contributed by atoms with E-state index in [0.717, 1.165) is 177 Å². The number of nitrogens with zero attached hydrogens (tertiary/aromatic N) is 12. The van der Waals surface area contributed by atoms with Crippen molar-refractivity contribution >= 4 is 130 Å². The van der Waals surface area contributed by atoms with Crippen LogP contribution in [0.5, 0.6) is 0 Å². The molecule has 150 heavy (non-hydrogen) atoms. The smallest absolute Gasteiger partial charge is 0.159 e. The van der Waals surface area contributed by atoms with Crippen molar-refractivity contribution in [1.82, 2.24) is 59.8 Å². The van der Waals surface area contributed by atoms with E-state index < -0.39 is 0 Å². The molecule has 0 unspecified atom stereocenters. The second-order valence-electron chi connectivity index (χ2n) is 37.8. The molecule has 0 saturated carbocycles. The zero-order valence-corrected chi connectivity index (χ0v) is 81.0. The highest BCUT2D eigenvalue weighted by Crippen LogP contribution is 2.43. The maximum Gasteiger partial charge on any atom is 0.159 e. The molecule has 698 valence electrons. The molecule has 20 aromatic carbocycles. The first-order valence-corrected chi connectivity index (χ1v) is 50.3. The maximum absolute atomic E-state index is 5.25. The lowest BCUT2D eigenvalue weighted by Gasteiger charge is -2.13. The Morgan fingerprint density at radius 2 is 0.373 bits per heavy atom. The molecular weight excluding hydrogens is 1830 g/mol. The molecule has 0 bridgehead atoms. The van der Waals surface area contributed by atoms with Gasteiger partial charge in [-0.05, 0) is 194 Å². The van der Waals surface area contributed by atoms with Crippen LogP contribution in [-0.4, -0.2) is 59.8 Å². The summed E-state index contributed by atoms with van der Waals surface area (Å²) < 4.78 is 0. The van der Waals surface area contributed by atoms with Gasteiger partial charge in [0.2, 0.25) is 0 Å². The molecule has 0 radical (unpaired) electrons. The van der Waals surface area contributed by atoms with Crippen molar-refractivity contribution in [1.29, 1.82) is 0 Å². The van der Waals surface area contributed by atoms with Crippen LogP contribution in [0.3, 0.4) is 0 Å². The zero-order valence-electron chi connectivity index (χ0n) is 81.0. The van der Waals surface area contributed by atoms with Crippen LogP contribution in [0.4, 0.5) is 0 Å². The minimum atomic E-state index is 0.676. The van der Waals surface area contributed by atoms with Gasteiger partial charge in [0.1, 0.15) is 0 Å². The largest absolute Gasteiger partial charge is 0.245 e. The molecule has 0 spiro atoms. The van der Waals surface area contributed by atoms with Gasteiger partial charge in [-0.1, -0.05) is 400 Å². The van der Waals surface area contributed by atoms with Crippen LogP contribution in [0.2, 0.25) is 0 Å². The molecule has 29 rings (SSSR count). The van der Waals surface area contributed by atoms with Gasteiger partial charge in [-0.15, -0.1) is 0 Å². The van der Waals surface area contributed by atoms with Gasteiger partial charge < -0.3 is 0 Å². The number of pyridine rings is 6. The molecule has 9 aromatic heterocycles. The van der Waals surface area contributed by atoms with E-state index in [9.17, 15) is 0 Å². The van der Waals surface area contributed by atoms with E-state index in [1.54, 1.807) is 12.4 Å². The number of aromatic nitrogens is 12. The Hall–Kier alpha value is -20.3. The van der Waals surface area contributed by atoms with Gasteiger partial charge in [-0.2, -0.15) is 0 Å². The van der Waals surface area contributed by atoms with Gasteiger partial charge in [0, 0.05) is 131 Å². The van der Waals surface area contributed by atoms with Gasteiger partial charge in [-0.25, -0.2) is 59.8 Å². The van der Waals surface area contributed by atoms with Crippen LogP contribution in [-0.2, 0) is 0 Å². The predicted octanol–water partition coefficient (Wildman–Crippen LogP) is 35.0. The van der Waals surface area contributed by atoms with Gasteiger partial charge in [0.05, 0.1) is 67.3 Å². The highest BCUT2D eigenvalue weighted by Gasteiger charge is 2.20. The molecule has 0 fully saturated rings. The summed E-state index contributed by atoms with van der Waals surface area (Å²) in [6.45, 7) is 0. The van der Waals surface area contributed by atoms with Gasteiger partial charge in [0.25, 0.3) is 0 Å². The first kappa shape index (κ1) is 88.6. The van der Waals surface area contributed by atoms with Crippen molar-refractivity contribution in [2.75, 3.05) is 0 Å². The van der Waals surface area contributed by atoms with Crippen LogP contribution in [0.15, 0.2) is 522 Å². The normalized spacial score (nSPS) is 11.5. The van der Waals surface area contributed by atoms with Crippen LogP contribution >= 0.6 is 0 Å². The SMILES string of the molecule is c1cc(-c2ccc3ccc4ccc(-c5ccc(-c6cccc7ccccc67)cc5)nc4c3n2)cc(-c2ncc(-c3ccc4ccccc4c3)cn2)c1.c1ccc(-c2cnc(-c3ccc(-c4ccc5ccc6ccc(-c7cccc(-c8ccc9ccccc9c8)c7)nc6c5n4)cc3)nc2)cc1.c1cnc(-c2cccc(-c3ccc4ccc5ccc(-c6cccc(-c7ccc8c9ccccc9c9ccccc9c8c7)c6)nc5c4n3)c2)nc1. The molecule has 0 atom stereocenters. The quantitative estimate of drug-likeness (QED) is 0.0952. The third-order valence-electron chi connectivity index (χ3n) is 28.6. The Morgan fingerprint density at radius 1 is 0.113 bits per heavy atom. The summed E-state index contributed by atoms with van der Waals surface area (Å²) in [4.78, 5) is 58.8. The summed E-state index contributed by atoms with van der Waals surface area (Å²) in [6, 6.07) is 170. The fourth-order valence-electron chi connectivity index (χ4n) is 20.9. The molecule has 0 aliphatic rings. The molecule has 0 saturated heterocycles. The first-order valence-electron chi connectivity index (χ1n) is 50.3. The molecule has 0 aliphatic heterocycles. The van der Waals surface area contributed by atoms with Crippen LogP contribution in [0, 0.1) is 0 Å². The van der Waals surface area contributed by atoms with Crippen molar-refractivity contribution in [2.24, 2.45) is 0 Å². The predicted molar refractivity (Wildman–Crippen MR) is 619 cm³/mol.